The van der Waals surface area contributed by atoms with Crippen LogP contribution in [0.3, 0.4) is 0 Å². The van der Waals surface area contributed by atoms with Crippen molar-refractivity contribution in [1.82, 2.24) is 9.78 Å². The Bertz CT molecular complexity index is 326. The average molecular weight is 221 g/mol. The maximum Gasteiger partial charge on any atom is 0.148 e. The van der Waals surface area contributed by atoms with Crippen LogP contribution in [0.5, 0.6) is 0 Å². The highest BCUT2D eigenvalue weighted by molar-refractivity contribution is 5.33. The Morgan fingerprint density at radius 3 is 2.81 bits per heavy atom. The third-order valence-corrected chi connectivity index (χ3v) is 3.28. The summed E-state index contributed by atoms with van der Waals surface area (Å²) in [6.45, 7) is 7.78. The Hall–Kier alpha value is -0.990. The molecule has 1 saturated carbocycles. The van der Waals surface area contributed by atoms with Crippen molar-refractivity contribution in [3.05, 3.63) is 12.3 Å². The minimum Gasteiger partial charge on any atom is -0.366 e. The normalized spacial score (nSPS) is 17.8. The van der Waals surface area contributed by atoms with Gasteiger partial charge in [-0.15, -0.1) is 0 Å². The van der Waals surface area contributed by atoms with Gasteiger partial charge in [-0.1, -0.05) is 13.8 Å². The molecule has 0 bridgehead atoms. The summed E-state index contributed by atoms with van der Waals surface area (Å²) in [7, 11) is 0. The molecule has 1 aliphatic rings. The standard InChI is InChI=1S/C13H23N3/c1-10(2)6-8-16-9-7-13(15-16)14-11(3)12-4-5-12/h7,9-12H,4-6,8H2,1-3H3,(H,14,15). The SMILES string of the molecule is CC(C)CCn1ccc(NC(C)C2CC2)n1. The number of anilines is 1. The Morgan fingerprint density at radius 1 is 1.44 bits per heavy atom. The number of hydrogen-bond donors (Lipinski definition) is 1. The second kappa shape index (κ2) is 4.89. The van der Waals surface area contributed by atoms with Gasteiger partial charge < -0.3 is 5.32 Å². The molecule has 1 aromatic rings. The molecule has 1 fully saturated rings. The number of rotatable bonds is 6. The molecule has 3 nitrogen and oxygen atoms in total. The maximum atomic E-state index is 4.54. The molecule has 0 amide bonds. The Labute approximate surface area is 98.2 Å². The van der Waals surface area contributed by atoms with E-state index in [-0.39, 0.29) is 0 Å². The van der Waals surface area contributed by atoms with Gasteiger partial charge in [-0.2, -0.15) is 5.10 Å². The topological polar surface area (TPSA) is 29.9 Å². The van der Waals surface area contributed by atoms with Crippen LogP contribution in [0.2, 0.25) is 0 Å². The Kier molecular flexibility index (Phi) is 3.52. The van der Waals surface area contributed by atoms with E-state index in [1.807, 2.05) is 4.68 Å². The highest BCUT2D eigenvalue weighted by Gasteiger charge is 2.28. The number of aryl methyl sites for hydroxylation is 1. The van der Waals surface area contributed by atoms with E-state index in [2.05, 4.69) is 43.4 Å². The van der Waals surface area contributed by atoms with Crippen molar-refractivity contribution in [2.24, 2.45) is 11.8 Å². The summed E-state index contributed by atoms with van der Waals surface area (Å²) in [5, 5.41) is 8.02. The lowest BCUT2D eigenvalue weighted by molar-refractivity contribution is 0.487. The van der Waals surface area contributed by atoms with Crippen molar-refractivity contribution in [1.29, 1.82) is 0 Å². The van der Waals surface area contributed by atoms with Crippen molar-refractivity contribution < 1.29 is 0 Å². The van der Waals surface area contributed by atoms with Gasteiger partial charge in [0.05, 0.1) is 0 Å². The zero-order chi connectivity index (χ0) is 11.5. The van der Waals surface area contributed by atoms with Gasteiger partial charge in [-0.05, 0) is 38.0 Å². The molecular formula is C13H23N3. The minimum atomic E-state index is 0.577. The maximum absolute atomic E-state index is 4.54. The molecule has 90 valence electrons. The van der Waals surface area contributed by atoms with Crippen molar-refractivity contribution in [2.75, 3.05) is 5.32 Å². The van der Waals surface area contributed by atoms with Crippen LogP contribution in [0.25, 0.3) is 0 Å². The van der Waals surface area contributed by atoms with E-state index in [0.29, 0.717) is 6.04 Å². The van der Waals surface area contributed by atoms with Crippen molar-refractivity contribution in [2.45, 2.75) is 52.6 Å². The van der Waals surface area contributed by atoms with Gasteiger partial charge in [0.1, 0.15) is 5.82 Å². The monoisotopic (exact) mass is 221 g/mol. The average Bonchev–Trinajstić information content (AvgIpc) is 2.98. The van der Waals surface area contributed by atoms with Crippen LogP contribution in [-0.2, 0) is 6.54 Å². The van der Waals surface area contributed by atoms with Crippen molar-refractivity contribution in [3.63, 3.8) is 0 Å². The smallest absolute Gasteiger partial charge is 0.148 e. The third-order valence-electron chi connectivity index (χ3n) is 3.28. The van der Waals surface area contributed by atoms with Gasteiger partial charge in [0.2, 0.25) is 0 Å². The molecule has 1 heterocycles. The quantitative estimate of drug-likeness (QED) is 0.799. The van der Waals surface area contributed by atoms with Gasteiger partial charge in [0, 0.05) is 24.8 Å². The van der Waals surface area contributed by atoms with Crippen LogP contribution >= 0.6 is 0 Å². The van der Waals surface area contributed by atoms with Crippen LogP contribution in [-0.4, -0.2) is 15.8 Å². The molecule has 3 heteroatoms. The fraction of sp³-hybridized carbons (Fsp3) is 0.769. The second-order valence-corrected chi connectivity index (χ2v) is 5.42. The second-order valence-electron chi connectivity index (χ2n) is 5.42. The summed E-state index contributed by atoms with van der Waals surface area (Å²) < 4.78 is 2.04. The molecule has 1 N–H and O–H groups in total. The first-order valence-corrected chi connectivity index (χ1v) is 6.45. The zero-order valence-corrected chi connectivity index (χ0v) is 10.6. The summed E-state index contributed by atoms with van der Waals surface area (Å²) in [5.74, 6) is 2.65. The van der Waals surface area contributed by atoms with Crippen molar-refractivity contribution >= 4 is 5.82 Å². The lowest BCUT2D eigenvalue weighted by atomic mass is 10.1. The van der Waals surface area contributed by atoms with E-state index in [0.717, 1.165) is 24.2 Å². The van der Waals surface area contributed by atoms with Crippen LogP contribution < -0.4 is 5.32 Å². The molecule has 1 unspecified atom stereocenters. The molecule has 1 atom stereocenters. The van der Waals surface area contributed by atoms with E-state index in [1.54, 1.807) is 0 Å². The van der Waals surface area contributed by atoms with E-state index >= 15 is 0 Å². The lowest BCUT2D eigenvalue weighted by Gasteiger charge is -2.11. The molecule has 1 aliphatic carbocycles. The predicted molar refractivity (Wildman–Crippen MR) is 67.5 cm³/mol. The van der Waals surface area contributed by atoms with E-state index < -0.39 is 0 Å². The van der Waals surface area contributed by atoms with E-state index in [9.17, 15) is 0 Å². The first-order chi connectivity index (χ1) is 7.65. The summed E-state index contributed by atoms with van der Waals surface area (Å²) >= 11 is 0. The largest absolute Gasteiger partial charge is 0.366 e. The van der Waals surface area contributed by atoms with Crippen LogP contribution in [0, 0.1) is 11.8 Å². The zero-order valence-electron chi connectivity index (χ0n) is 10.6. The number of nitrogens with one attached hydrogen (secondary N) is 1. The molecular weight excluding hydrogens is 198 g/mol. The summed E-state index contributed by atoms with van der Waals surface area (Å²) in [5.41, 5.74) is 0. The van der Waals surface area contributed by atoms with E-state index in [1.165, 1.54) is 19.3 Å². The molecule has 2 rings (SSSR count). The van der Waals surface area contributed by atoms with Crippen LogP contribution in [0.4, 0.5) is 5.82 Å². The fourth-order valence-corrected chi connectivity index (χ4v) is 1.90. The van der Waals surface area contributed by atoms with E-state index in [4.69, 9.17) is 0 Å². The Balaban J connectivity index is 1.81. The third kappa shape index (κ3) is 3.26. The molecule has 0 spiro atoms. The first-order valence-electron chi connectivity index (χ1n) is 6.45. The predicted octanol–water partition coefficient (Wildman–Crippen LogP) is 3.14. The molecule has 0 saturated heterocycles. The molecule has 0 aliphatic heterocycles. The minimum absolute atomic E-state index is 0.577. The van der Waals surface area contributed by atoms with Crippen molar-refractivity contribution in [3.8, 4) is 0 Å². The fourth-order valence-electron chi connectivity index (χ4n) is 1.90. The molecule has 1 aromatic heterocycles. The number of hydrogen-bond acceptors (Lipinski definition) is 2. The lowest BCUT2D eigenvalue weighted by Crippen LogP contribution is -2.17. The van der Waals surface area contributed by atoms with Gasteiger partial charge in [0.15, 0.2) is 0 Å². The van der Waals surface area contributed by atoms with Crippen LogP contribution in [0.1, 0.15) is 40.0 Å². The Morgan fingerprint density at radius 2 is 2.19 bits per heavy atom. The first kappa shape index (κ1) is 11.5. The van der Waals surface area contributed by atoms with Gasteiger partial charge in [0.25, 0.3) is 0 Å². The summed E-state index contributed by atoms with van der Waals surface area (Å²) in [6.07, 6.45) is 6.02. The number of aromatic nitrogens is 2. The molecule has 0 radical (unpaired) electrons. The van der Waals surface area contributed by atoms with Crippen LogP contribution in [0.15, 0.2) is 12.3 Å². The highest BCUT2D eigenvalue weighted by atomic mass is 15.3. The van der Waals surface area contributed by atoms with Gasteiger partial charge in [-0.25, -0.2) is 0 Å². The molecule has 16 heavy (non-hydrogen) atoms. The van der Waals surface area contributed by atoms with Gasteiger partial charge in [-0.3, -0.25) is 4.68 Å². The summed E-state index contributed by atoms with van der Waals surface area (Å²) in [4.78, 5) is 0. The molecule has 0 aromatic carbocycles. The van der Waals surface area contributed by atoms with Gasteiger partial charge >= 0.3 is 0 Å². The summed E-state index contributed by atoms with van der Waals surface area (Å²) in [6, 6.07) is 2.66. The number of nitrogens with zero attached hydrogens (tertiary/aromatic N) is 2. The highest BCUT2D eigenvalue weighted by Crippen LogP contribution is 2.33.